The zero-order valence-electron chi connectivity index (χ0n) is 17.2. The Morgan fingerprint density at radius 3 is 2.60 bits per heavy atom. The molecule has 2 saturated heterocycles. The van der Waals surface area contributed by atoms with Gasteiger partial charge in [-0.25, -0.2) is 4.39 Å². The van der Waals surface area contributed by atoms with E-state index in [0.29, 0.717) is 25.2 Å². The van der Waals surface area contributed by atoms with E-state index in [-0.39, 0.29) is 29.8 Å². The highest BCUT2D eigenvalue weighted by atomic mass is 19.1. The maximum atomic E-state index is 13.8. The number of rotatable bonds is 5. The third-order valence-corrected chi connectivity index (χ3v) is 6.30. The van der Waals surface area contributed by atoms with Crippen molar-refractivity contribution in [3.8, 4) is 0 Å². The van der Waals surface area contributed by atoms with Crippen molar-refractivity contribution in [1.29, 1.82) is 0 Å². The number of hydrogen-bond donors (Lipinski definition) is 1. The minimum Gasteiger partial charge on any atom is -0.353 e. The molecule has 8 heteroatoms. The molecule has 1 aromatic carbocycles. The Bertz CT molecular complexity index is 823. The molecule has 0 spiro atoms. The van der Waals surface area contributed by atoms with E-state index in [1.807, 2.05) is 0 Å². The number of hydrogen-bond acceptors (Lipinski definition) is 4. The number of nitrogens with zero attached hydrogens (tertiary/aromatic N) is 3. The van der Waals surface area contributed by atoms with Crippen LogP contribution in [0, 0.1) is 5.82 Å². The second-order valence-electron chi connectivity index (χ2n) is 8.35. The molecule has 0 aliphatic carbocycles. The van der Waals surface area contributed by atoms with Gasteiger partial charge < -0.3 is 20.0 Å². The summed E-state index contributed by atoms with van der Waals surface area (Å²) >= 11 is 0. The minimum absolute atomic E-state index is 0.144. The molecule has 0 radical (unpaired) electrons. The summed E-state index contributed by atoms with van der Waals surface area (Å²) in [5.41, 5.74) is 0.452. The van der Waals surface area contributed by atoms with Crippen molar-refractivity contribution in [3.63, 3.8) is 0 Å². The van der Waals surface area contributed by atoms with E-state index in [0.717, 1.165) is 32.1 Å². The second-order valence-corrected chi connectivity index (χ2v) is 8.35. The average molecular weight is 416 g/mol. The molecule has 3 amide bonds. The fourth-order valence-electron chi connectivity index (χ4n) is 4.71. The molecular formula is C22H29FN4O3. The molecule has 0 saturated carbocycles. The first-order valence-electron chi connectivity index (χ1n) is 11.0. The Balaban J connectivity index is 1.45. The Morgan fingerprint density at radius 1 is 1.07 bits per heavy atom. The standard InChI is InChI=1S/C22H29FN4O3/c23-16-7-8-18-17(14-16)21(29)26-12-5-6-19(26)22(30)27(18)15-20(28)24-9-13-25-10-3-1-2-4-11-25/h7-8,14,19H,1-6,9-13,15H2,(H,24,28). The van der Waals surface area contributed by atoms with E-state index in [2.05, 4.69) is 10.2 Å². The van der Waals surface area contributed by atoms with Gasteiger partial charge in [0.2, 0.25) is 11.8 Å². The number of halogens is 1. The topological polar surface area (TPSA) is 73.0 Å². The highest BCUT2D eigenvalue weighted by Crippen LogP contribution is 2.32. The Kier molecular flexibility index (Phi) is 6.32. The molecule has 0 aromatic heterocycles. The monoisotopic (exact) mass is 416 g/mol. The van der Waals surface area contributed by atoms with E-state index in [4.69, 9.17) is 0 Å². The predicted octanol–water partition coefficient (Wildman–Crippen LogP) is 1.77. The van der Waals surface area contributed by atoms with Crippen LogP contribution in [0.2, 0.25) is 0 Å². The maximum Gasteiger partial charge on any atom is 0.256 e. The molecule has 30 heavy (non-hydrogen) atoms. The summed E-state index contributed by atoms with van der Waals surface area (Å²) in [4.78, 5) is 43.9. The summed E-state index contributed by atoms with van der Waals surface area (Å²) in [6, 6.07) is 3.22. The van der Waals surface area contributed by atoms with Gasteiger partial charge in [0.25, 0.3) is 5.91 Å². The van der Waals surface area contributed by atoms with E-state index >= 15 is 0 Å². The van der Waals surface area contributed by atoms with Gasteiger partial charge in [-0.1, -0.05) is 12.8 Å². The van der Waals surface area contributed by atoms with Gasteiger partial charge in [-0.05, 0) is 57.0 Å². The zero-order valence-corrected chi connectivity index (χ0v) is 17.2. The summed E-state index contributed by atoms with van der Waals surface area (Å²) in [7, 11) is 0. The fraction of sp³-hybridized carbons (Fsp3) is 0.591. The van der Waals surface area contributed by atoms with Gasteiger partial charge in [-0.2, -0.15) is 0 Å². The first-order chi connectivity index (χ1) is 14.5. The number of carbonyl (C=O) groups excluding carboxylic acids is 3. The number of amides is 3. The Hall–Kier alpha value is -2.48. The Labute approximate surface area is 176 Å². The van der Waals surface area contributed by atoms with Crippen molar-refractivity contribution in [2.24, 2.45) is 0 Å². The van der Waals surface area contributed by atoms with E-state index in [1.165, 1.54) is 47.6 Å². The van der Waals surface area contributed by atoms with Crippen molar-refractivity contribution in [2.75, 3.05) is 44.2 Å². The third kappa shape index (κ3) is 4.33. The smallest absolute Gasteiger partial charge is 0.256 e. The number of anilines is 1. The van der Waals surface area contributed by atoms with Crippen LogP contribution >= 0.6 is 0 Å². The molecule has 1 N–H and O–H groups in total. The molecule has 1 atom stereocenters. The highest BCUT2D eigenvalue weighted by Gasteiger charge is 2.42. The van der Waals surface area contributed by atoms with Crippen LogP contribution in [-0.2, 0) is 9.59 Å². The number of fused-ring (bicyclic) bond motifs is 2. The van der Waals surface area contributed by atoms with Gasteiger partial charge in [0.05, 0.1) is 11.3 Å². The van der Waals surface area contributed by atoms with Gasteiger partial charge in [0, 0.05) is 19.6 Å². The molecule has 1 aromatic rings. The molecule has 1 unspecified atom stereocenters. The van der Waals surface area contributed by atoms with Gasteiger partial charge >= 0.3 is 0 Å². The minimum atomic E-state index is -0.585. The third-order valence-electron chi connectivity index (χ3n) is 6.30. The van der Waals surface area contributed by atoms with Crippen LogP contribution < -0.4 is 10.2 Å². The molecular weight excluding hydrogens is 387 g/mol. The molecule has 4 rings (SSSR count). The lowest BCUT2D eigenvalue weighted by Crippen LogP contribution is -2.48. The van der Waals surface area contributed by atoms with Crippen LogP contribution in [0.25, 0.3) is 0 Å². The molecule has 3 aliphatic heterocycles. The summed E-state index contributed by atoms with van der Waals surface area (Å²) in [6.07, 6.45) is 6.19. The summed E-state index contributed by atoms with van der Waals surface area (Å²) in [6.45, 7) is 3.72. The number of carbonyl (C=O) groups is 3. The van der Waals surface area contributed by atoms with E-state index in [9.17, 15) is 18.8 Å². The maximum absolute atomic E-state index is 13.8. The summed E-state index contributed by atoms with van der Waals surface area (Å²) in [5.74, 6) is -1.42. The average Bonchev–Trinajstić information content (AvgIpc) is 3.05. The fourth-order valence-corrected chi connectivity index (χ4v) is 4.71. The first kappa shape index (κ1) is 20.8. The quantitative estimate of drug-likeness (QED) is 0.794. The van der Waals surface area contributed by atoms with Crippen molar-refractivity contribution < 1.29 is 18.8 Å². The van der Waals surface area contributed by atoms with Crippen LogP contribution in [0.1, 0.15) is 48.9 Å². The first-order valence-corrected chi connectivity index (χ1v) is 11.0. The summed E-state index contributed by atoms with van der Waals surface area (Å²) in [5, 5.41) is 2.90. The van der Waals surface area contributed by atoms with E-state index in [1.54, 1.807) is 0 Å². The molecule has 2 fully saturated rings. The normalized spacial score (nSPS) is 22.4. The van der Waals surface area contributed by atoms with Crippen molar-refractivity contribution >= 4 is 23.4 Å². The highest BCUT2D eigenvalue weighted by molar-refractivity contribution is 6.12. The van der Waals surface area contributed by atoms with Gasteiger partial charge in [0.15, 0.2) is 0 Å². The van der Waals surface area contributed by atoms with Crippen LogP contribution in [0.15, 0.2) is 18.2 Å². The van der Waals surface area contributed by atoms with Crippen LogP contribution in [0.4, 0.5) is 10.1 Å². The largest absolute Gasteiger partial charge is 0.353 e. The van der Waals surface area contributed by atoms with Crippen molar-refractivity contribution in [1.82, 2.24) is 15.1 Å². The van der Waals surface area contributed by atoms with Crippen LogP contribution in [-0.4, -0.2) is 72.8 Å². The zero-order chi connectivity index (χ0) is 21.1. The van der Waals surface area contributed by atoms with Crippen molar-refractivity contribution in [2.45, 2.75) is 44.6 Å². The lowest BCUT2D eigenvalue weighted by molar-refractivity contribution is -0.125. The number of likely N-dealkylation sites (tertiary alicyclic amines) is 1. The lowest BCUT2D eigenvalue weighted by Gasteiger charge is -2.26. The van der Waals surface area contributed by atoms with Crippen molar-refractivity contribution in [3.05, 3.63) is 29.6 Å². The van der Waals surface area contributed by atoms with Gasteiger partial charge in [-0.3, -0.25) is 14.4 Å². The van der Waals surface area contributed by atoms with Gasteiger partial charge in [-0.15, -0.1) is 0 Å². The Morgan fingerprint density at radius 2 is 1.83 bits per heavy atom. The lowest BCUT2D eigenvalue weighted by atomic mass is 10.1. The molecule has 3 aliphatic rings. The molecule has 0 bridgehead atoms. The SMILES string of the molecule is O=C(CN1C(=O)C2CCCN2C(=O)c2cc(F)ccc21)NCCN1CCCCCC1. The van der Waals surface area contributed by atoms with E-state index < -0.39 is 11.9 Å². The van der Waals surface area contributed by atoms with Crippen LogP contribution in [0.3, 0.4) is 0 Å². The number of benzene rings is 1. The molecule has 7 nitrogen and oxygen atoms in total. The number of nitrogens with one attached hydrogen (secondary N) is 1. The van der Waals surface area contributed by atoms with Gasteiger partial charge in [0.1, 0.15) is 18.4 Å². The molecule has 3 heterocycles. The van der Waals surface area contributed by atoms with Crippen LogP contribution in [0.5, 0.6) is 0 Å². The second kappa shape index (κ2) is 9.12. The molecule has 162 valence electrons. The summed E-state index contributed by atoms with van der Waals surface area (Å²) < 4.78 is 13.8. The predicted molar refractivity (Wildman–Crippen MR) is 111 cm³/mol.